The van der Waals surface area contributed by atoms with Crippen LogP contribution >= 0.6 is 0 Å². The van der Waals surface area contributed by atoms with Crippen LogP contribution < -0.4 is 5.73 Å². The first-order valence-corrected chi connectivity index (χ1v) is 6.97. The van der Waals surface area contributed by atoms with Crippen molar-refractivity contribution in [1.82, 2.24) is 0 Å². The second-order valence-corrected chi connectivity index (χ2v) is 5.59. The Morgan fingerprint density at radius 1 is 1.00 bits per heavy atom. The molecule has 1 nitrogen and oxygen atoms in total. The minimum absolute atomic E-state index is 0.0101. The van der Waals surface area contributed by atoms with Gasteiger partial charge in [-0.2, -0.15) is 0 Å². The normalized spacial score (nSPS) is 14.1. The molecule has 1 unspecified atom stereocenters. The molecule has 0 aromatic heterocycles. The molecule has 2 aromatic carbocycles. The van der Waals surface area contributed by atoms with E-state index in [1.54, 1.807) is 0 Å². The number of aryl methyl sites for hydroxylation is 3. The maximum Gasteiger partial charge on any atom is 0.152 e. The first kappa shape index (κ1) is 14.7. The van der Waals surface area contributed by atoms with Crippen LogP contribution in [-0.2, 0) is 12.1 Å². The fraction of sp³-hybridized carbons (Fsp3) is 0.333. The van der Waals surface area contributed by atoms with Gasteiger partial charge in [0.2, 0.25) is 0 Å². The SMILES string of the molecule is Cc1cc(C)c(CC(F)(CN)c2ccccc2)c(C)c1. The van der Waals surface area contributed by atoms with Crippen LogP contribution in [0.5, 0.6) is 0 Å². The fourth-order valence-electron chi connectivity index (χ4n) is 2.80. The summed E-state index contributed by atoms with van der Waals surface area (Å²) in [5, 5.41) is 0. The van der Waals surface area contributed by atoms with E-state index in [0.29, 0.717) is 12.0 Å². The molecule has 0 saturated carbocycles. The monoisotopic (exact) mass is 271 g/mol. The Kier molecular flexibility index (Phi) is 4.24. The molecule has 0 spiro atoms. The van der Waals surface area contributed by atoms with E-state index in [0.717, 1.165) is 16.7 Å². The summed E-state index contributed by atoms with van der Waals surface area (Å²) in [5.41, 5.74) is 9.43. The average molecular weight is 271 g/mol. The van der Waals surface area contributed by atoms with Crippen LogP contribution in [0.3, 0.4) is 0 Å². The van der Waals surface area contributed by atoms with Gasteiger partial charge >= 0.3 is 0 Å². The molecule has 106 valence electrons. The number of alkyl halides is 1. The van der Waals surface area contributed by atoms with Gasteiger partial charge in [-0.25, -0.2) is 4.39 Å². The number of benzene rings is 2. The van der Waals surface area contributed by atoms with Crippen molar-refractivity contribution >= 4 is 0 Å². The highest BCUT2D eigenvalue weighted by molar-refractivity contribution is 5.40. The second-order valence-electron chi connectivity index (χ2n) is 5.59. The highest BCUT2D eigenvalue weighted by Gasteiger charge is 2.31. The Morgan fingerprint density at radius 3 is 2.05 bits per heavy atom. The molecule has 0 amide bonds. The van der Waals surface area contributed by atoms with E-state index in [9.17, 15) is 0 Å². The topological polar surface area (TPSA) is 26.0 Å². The maximum atomic E-state index is 15.3. The third kappa shape index (κ3) is 2.91. The minimum Gasteiger partial charge on any atom is -0.327 e. The second kappa shape index (κ2) is 5.76. The molecule has 0 saturated heterocycles. The molecule has 0 aliphatic rings. The Labute approximate surface area is 120 Å². The summed E-state index contributed by atoms with van der Waals surface area (Å²) in [6, 6.07) is 13.4. The quantitative estimate of drug-likeness (QED) is 0.894. The molecule has 20 heavy (non-hydrogen) atoms. The third-order valence-electron chi connectivity index (χ3n) is 3.91. The van der Waals surface area contributed by atoms with E-state index in [-0.39, 0.29) is 6.54 Å². The van der Waals surface area contributed by atoms with Gasteiger partial charge in [0.15, 0.2) is 5.67 Å². The van der Waals surface area contributed by atoms with Gasteiger partial charge in [0.05, 0.1) is 0 Å². The van der Waals surface area contributed by atoms with Gasteiger partial charge < -0.3 is 5.73 Å². The number of halogens is 1. The van der Waals surface area contributed by atoms with Crippen molar-refractivity contribution in [2.75, 3.05) is 6.54 Å². The molecule has 0 aliphatic carbocycles. The Morgan fingerprint density at radius 2 is 1.55 bits per heavy atom. The minimum atomic E-state index is -1.51. The summed E-state index contributed by atoms with van der Waals surface area (Å²) in [7, 11) is 0. The molecule has 0 radical (unpaired) electrons. The van der Waals surface area contributed by atoms with Gasteiger partial charge in [0.25, 0.3) is 0 Å². The first-order chi connectivity index (χ1) is 9.46. The van der Waals surface area contributed by atoms with Crippen LogP contribution in [0.15, 0.2) is 42.5 Å². The third-order valence-corrected chi connectivity index (χ3v) is 3.91. The van der Waals surface area contributed by atoms with Crippen LogP contribution in [0.2, 0.25) is 0 Å². The lowest BCUT2D eigenvalue weighted by Crippen LogP contribution is -2.33. The van der Waals surface area contributed by atoms with E-state index in [1.165, 1.54) is 5.56 Å². The zero-order chi connectivity index (χ0) is 14.8. The van der Waals surface area contributed by atoms with Gasteiger partial charge in [-0.1, -0.05) is 48.0 Å². The van der Waals surface area contributed by atoms with Crippen molar-refractivity contribution in [3.05, 3.63) is 70.3 Å². The summed E-state index contributed by atoms with van der Waals surface area (Å²) in [5.74, 6) is 0. The molecular weight excluding hydrogens is 249 g/mol. The van der Waals surface area contributed by atoms with Crippen molar-refractivity contribution in [3.63, 3.8) is 0 Å². The number of rotatable bonds is 4. The van der Waals surface area contributed by atoms with Crippen molar-refractivity contribution < 1.29 is 4.39 Å². The van der Waals surface area contributed by atoms with E-state index in [1.807, 2.05) is 44.2 Å². The fourth-order valence-corrected chi connectivity index (χ4v) is 2.80. The van der Waals surface area contributed by atoms with Crippen LogP contribution in [0.25, 0.3) is 0 Å². The summed E-state index contributed by atoms with van der Waals surface area (Å²) in [4.78, 5) is 0. The molecule has 0 heterocycles. The lowest BCUT2D eigenvalue weighted by molar-refractivity contribution is 0.174. The van der Waals surface area contributed by atoms with Crippen LogP contribution in [-0.4, -0.2) is 6.54 Å². The highest BCUT2D eigenvalue weighted by Crippen LogP contribution is 2.32. The Bertz CT molecular complexity index is 569. The lowest BCUT2D eigenvalue weighted by Gasteiger charge is -2.26. The summed E-state index contributed by atoms with van der Waals surface area (Å²) in [6.45, 7) is 6.13. The molecular formula is C18H22FN. The van der Waals surface area contributed by atoms with Gasteiger partial charge in [0.1, 0.15) is 0 Å². The van der Waals surface area contributed by atoms with Crippen molar-refractivity contribution in [2.45, 2.75) is 32.9 Å². The predicted molar refractivity (Wildman–Crippen MR) is 82.6 cm³/mol. The lowest BCUT2D eigenvalue weighted by atomic mass is 9.85. The summed E-state index contributed by atoms with van der Waals surface area (Å²) < 4.78 is 15.3. The molecule has 2 rings (SSSR count). The molecule has 2 aromatic rings. The van der Waals surface area contributed by atoms with Gasteiger partial charge in [-0.05, 0) is 43.0 Å². The van der Waals surface area contributed by atoms with Crippen molar-refractivity contribution in [1.29, 1.82) is 0 Å². The summed E-state index contributed by atoms with van der Waals surface area (Å²) >= 11 is 0. The van der Waals surface area contributed by atoms with Crippen molar-refractivity contribution in [3.8, 4) is 0 Å². The molecule has 0 fully saturated rings. The predicted octanol–water partition coefficient (Wildman–Crippen LogP) is 3.98. The molecule has 2 N–H and O–H groups in total. The Balaban J connectivity index is 2.41. The number of nitrogens with two attached hydrogens (primary N) is 1. The van der Waals surface area contributed by atoms with E-state index < -0.39 is 5.67 Å². The van der Waals surface area contributed by atoms with Gasteiger partial charge in [-0.15, -0.1) is 0 Å². The zero-order valence-electron chi connectivity index (χ0n) is 12.4. The summed E-state index contributed by atoms with van der Waals surface area (Å²) in [6.07, 6.45) is 0.325. The van der Waals surface area contributed by atoms with E-state index in [4.69, 9.17) is 5.73 Å². The largest absolute Gasteiger partial charge is 0.327 e. The van der Waals surface area contributed by atoms with E-state index >= 15 is 4.39 Å². The zero-order valence-corrected chi connectivity index (χ0v) is 12.4. The number of hydrogen-bond acceptors (Lipinski definition) is 1. The van der Waals surface area contributed by atoms with Gasteiger partial charge in [0, 0.05) is 13.0 Å². The Hall–Kier alpha value is -1.67. The highest BCUT2D eigenvalue weighted by atomic mass is 19.1. The van der Waals surface area contributed by atoms with Crippen LogP contribution in [0.4, 0.5) is 4.39 Å². The molecule has 0 aliphatic heterocycles. The molecule has 1 atom stereocenters. The maximum absolute atomic E-state index is 15.3. The number of hydrogen-bond donors (Lipinski definition) is 1. The van der Waals surface area contributed by atoms with Crippen LogP contribution in [0.1, 0.15) is 27.8 Å². The molecule has 0 bridgehead atoms. The standard InChI is InChI=1S/C18H22FN/c1-13-9-14(2)17(15(3)10-13)11-18(19,12-20)16-7-5-4-6-8-16/h4-10H,11-12,20H2,1-3H3. The van der Waals surface area contributed by atoms with Crippen LogP contribution in [0, 0.1) is 20.8 Å². The molecule has 2 heteroatoms. The van der Waals surface area contributed by atoms with Crippen molar-refractivity contribution in [2.24, 2.45) is 5.73 Å². The smallest absolute Gasteiger partial charge is 0.152 e. The van der Waals surface area contributed by atoms with Gasteiger partial charge in [-0.3, -0.25) is 0 Å². The average Bonchev–Trinajstić information content (AvgIpc) is 2.43. The first-order valence-electron chi connectivity index (χ1n) is 6.97. The van der Waals surface area contributed by atoms with E-state index in [2.05, 4.69) is 19.1 Å².